The third-order valence-electron chi connectivity index (χ3n) is 5.22. The highest BCUT2D eigenvalue weighted by atomic mass is 32.2. The first-order valence-electron chi connectivity index (χ1n) is 8.76. The van der Waals surface area contributed by atoms with E-state index < -0.39 is 15.4 Å². The van der Waals surface area contributed by atoms with Crippen LogP contribution < -0.4 is 5.32 Å². The fourth-order valence-electron chi connectivity index (χ4n) is 3.57. The summed E-state index contributed by atoms with van der Waals surface area (Å²) in [5.41, 5.74) is -0.417. The molecule has 2 amide bonds. The highest BCUT2D eigenvalue weighted by molar-refractivity contribution is 7.90. The maximum absolute atomic E-state index is 12.1. The number of sulfone groups is 1. The van der Waals surface area contributed by atoms with Crippen LogP contribution >= 0.6 is 0 Å². The smallest absolute Gasteiger partial charge is 0.239 e. The highest BCUT2D eigenvalue weighted by Crippen LogP contribution is 2.35. The zero-order valence-electron chi connectivity index (χ0n) is 14.9. The van der Waals surface area contributed by atoms with Crippen LogP contribution in [-0.4, -0.2) is 93.5 Å². The predicted molar refractivity (Wildman–Crippen MR) is 91.7 cm³/mol. The van der Waals surface area contributed by atoms with Gasteiger partial charge in [-0.15, -0.1) is 0 Å². The van der Waals surface area contributed by atoms with Crippen LogP contribution in [0.15, 0.2) is 0 Å². The van der Waals surface area contributed by atoms with E-state index in [1.807, 2.05) is 0 Å². The quantitative estimate of drug-likeness (QED) is 0.632. The topological polar surface area (TPSA) is 96.0 Å². The summed E-state index contributed by atoms with van der Waals surface area (Å²) in [6.07, 6.45) is 3.57. The van der Waals surface area contributed by atoms with Crippen molar-refractivity contribution < 1.29 is 22.7 Å². The van der Waals surface area contributed by atoms with Gasteiger partial charge in [0.1, 0.15) is 21.5 Å². The van der Waals surface area contributed by atoms with Gasteiger partial charge in [-0.25, -0.2) is 8.42 Å². The average molecular weight is 373 g/mol. The van der Waals surface area contributed by atoms with Crippen LogP contribution in [0.4, 0.5) is 0 Å². The van der Waals surface area contributed by atoms with Crippen LogP contribution in [0.25, 0.3) is 0 Å². The summed E-state index contributed by atoms with van der Waals surface area (Å²) >= 11 is 0. The number of nitrogens with one attached hydrogen (secondary N) is 1. The molecule has 0 radical (unpaired) electrons. The highest BCUT2D eigenvalue weighted by Gasteiger charge is 2.52. The lowest BCUT2D eigenvalue weighted by Crippen LogP contribution is -2.73. The van der Waals surface area contributed by atoms with Crippen LogP contribution in [-0.2, 0) is 24.2 Å². The molecule has 9 heteroatoms. The molecule has 1 unspecified atom stereocenters. The number of likely N-dealkylation sites (N-methyl/N-ethyl adjacent to an activating group) is 1. The molecule has 0 aromatic rings. The molecule has 0 bridgehead atoms. The van der Waals surface area contributed by atoms with Gasteiger partial charge in [-0.1, -0.05) is 0 Å². The van der Waals surface area contributed by atoms with Crippen molar-refractivity contribution in [2.24, 2.45) is 5.92 Å². The van der Waals surface area contributed by atoms with Crippen molar-refractivity contribution in [2.75, 3.05) is 51.8 Å². The van der Waals surface area contributed by atoms with E-state index in [9.17, 15) is 18.0 Å². The van der Waals surface area contributed by atoms with Crippen molar-refractivity contribution in [3.05, 3.63) is 0 Å². The SMILES string of the molecule is CNC(=O)C1COC2(CN(C(=O)CCS(C)(=O)=O)C2)CN1CC1CC1. The van der Waals surface area contributed by atoms with Crippen LogP contribution in [0.2, 0.25) is 0 Å². The fraction of sp³-hybridized carbons (Fsp3) is 0.875. The molecule has 2 heterocycles. The minimum absolute atomic E-state index is 0.0154. The van der Waals surface area contributed by atoms with Gasteiger partial charge in [-0.3, -0.25) is 14.5 Å². The molecule has 25 heavy (non-hydrogen) atoms. The summed E-state index contributed by atoms with van der Waals surface area (Å²) in [6.45, 7) is 2.80. The van der Waals surface area contributed by atoms with E-state index in [0.29, 0.717) is 32.2 Å². The maximum Gasteiger partial charge on any atom is 0.239 e. The molecule has 2 aliphatic heterocycles. The summed E-state index contributed by atoms with van der Waals surface area (Å²) < 4.78 is 28.4. The van der Waals surface area contributed by atoms with E-state index in [1.165, 1.54) is 12.8 Å². The third-order valence-corrected chi connectivity index (χ3v) is 6.16. The van der Waals surface area contributed by atoms with Gasteiger partial charge in [0.25, 0.3) is 0 Å². The van der Waals surface area contributed by atoms with Crippen LogP contribution in [0.5, 0.6) is 0 Å². The van der Waals surface area contributed by atoms with Crippen LogP contribution in [0.3, 0.4) is 0 Å². The maximum atomic E-state index is 12.1. The molecular formula is C16H27N3O5S. The van der Waals surface area contributed by atoms with Gasteiger partial charge in [0.05, 0.1) is 25.4 Å². The van der Waals surface area contributed by atoms with Crippen molar-refractivity contribution >= 4 is 21.7 Å². The second kappa shape index (κ2) is 6.85. The summed E-state index contributed by atoms with van der Waals surface area (Å²) in [7, 11) is -1.50. The van der Waals surface area contributed by atoms with Gasteiger partial charge in [0.2, 0.25) is 11.8 Å². The lowest BCUT2D eigenvalue weighted by molar-refractivity contribution is -0.204. The van der Waals surface area contributed by atoms with Gasteiger partial charge in [0, 0.05) is 32.8 Å². The standard InChI is InChI=1S/C16H27N3O5S/c1-17-15(21)13-8-24-16(9-18(13)7-12-3-4-12)10-19(11-16)14(20)5-6-25(2,22)23/h12-13H,3-11H2,1-2H3,(H,17,21). The Morgan fingerprint density at radius 1 is 1.24 bits per heavy atom. The van der Waals surface area contributed by atoms with E-state index in [2.05, 4.69) is 10.2 Å². The fourth-order valence-corrected chi connectivity index (χ4v) is 4.11. The summed E-state index contributed by atoms with van der Waals surface area (Å²) in [4.78, 5) is 28.1. The molecular weight excluding hydrogens is 346 g/mol. The zero-order chi connectivity index (χ0) is 18.2. The lowest BCUT2D eigenvalue weighted by Gasteiger charge is -2.55. The second-order valence-corrected chi connectivity index (χ2v) is 9.89. The van der Waals surface area contributed by atoms with Crippen molar-refractivity contribution in [3.8, 4) is 0 Å². The predicted octanol–water partition coefficient (Wildman–Crippen LogP) is -1.14. The number of nitrogens with zero attached hydrogens (tertiary/aromatic N) is 2. The number of morpholine rings is 1. The number of ether oxygens (including phenoxy) is 1. The first kappa shape index (κ1) is 18.6. The minimum Gasteiger partial charge on any atom is -0.368 e. The molecule has 3 fully saturated rings. The molecule has 0 aromatic heterocycles. The van der Waals surface area contributed by atoms with Crippen LogP contribution in [0.1, 0.15) is 19.3 Å². The molecule has 1 atom stereocenters. The van der Waals surface area contributed by atoms with E-state index in [4.69, 9.17) is 4.74 Å². The second-order valence-electron chi connectivity index (χ2n) is 7.63. The van der Waals surface area contributed by atoms with Crippen molar-refractivity contribution in [2.45, 2.75) is 30.9 Å². The molecule has 142 valence electrons. The number of rotatable bonds is 6. The molecule has 2 saturated heterocycles. The minimum atomic E-state index is -3.14. The summed E-state index contributed by atoms with van der Waals surface area (Å²) in [5.74, 6) is 0.357. The number of amides is 2. The summed E-state index contributed by atoms with van der Waals surface area (Å²) in [6, 6.07) is -0.272. The Morgan fingerprint density at radius 2 is 1.92 bits per heavy atom. The number of carbonyl (C=O) groups is 2. The summed E-state index contributed by atoms with van der Waals surface area (Å²) in [5, 5.41) is 2.70. The zero-order valence-corrected chi connectivity index (χ0v) is 15.7. The number of hydrogen-bond donors (Lipinski definition) is 1. The van der Waals surface area contributed by atoms with Gasteiger partial charge >= 0.3 is 0 Å². The van der Waals surface area contributed by atoms with Gasteiger partial charge in [0.15, 0.2) is 0 Å². The van der Waals surface area contributed by atoms with Crippen LogP contribution in [0, 0.1) is 5.92 Å². The Balaban J connectivity index is 1.55. The van der Waals surface area contributed by atoms with Crippen molar-refractivity contribution in [3.63, 3.8) is 0 Å². The Labute approximate surface area is 148 Å². The Morgan fingerprint density at radius 3 is 2.48 bits per heavy atom. The van der Waals surface area contributed by atoms with Gasteiger partial charge in [-0.05, 0) is 18.8 Å². The van der Waals surface area contributed by atoms with Gasteiger partial charge in [-0.2, -0.15) is 0 Å². The monoisotopic (exact) mass is 373 g/mol. The van der Waals surface area contributed by atoms with E-state index in [-0.39, 0.29) is 30.0 Å². The Hall–Kier alpha value is -1.19. The van der Waals surface area contributed by atoms with Gasteiger partial charge < -0.3 is 15.0 Å². The normalized spacial score (nSPS) is 26.3. The molecule has 0 aromatic carbocycles. The molecule has 3 rings (SSSR count). The molecule has 1 spiro atoms. The third kappa shape index (κ3) is 4.51. The Kier molecular flexibility index (Phi) is 5.09. The van der Waals surface area contributed by atoms with Crippen molar-refractivity contribution in [1.29, 1.82) is 0 Å². The number of hydrogen-bond acceptors (Lipinski definition) is 6. The first-order valence-corrected chi connectivity index (χ1v) is 10.8. The van der Waals surface area contributed by atoms with Crippen molar-refractivity contribution in [1.82, 2.24) is 15.1 Å². The lowest BCUT2D eigenvalue weighted by atomic mass is 9.90. The van der Waals surface area contributed by atoms with E-state index in [0.717, 1.165) is 12.8 Å². The largest absolute Gasteiger partial charge is 0.368 e. The molecule has 1 saturated carbocycles. The molecule has 1 N–H and O–H groups in total. The number of carbonyl (C=O) groups excluding carboxylic acids is 2. The Bertz CT molecular complexity index is 640. The average Bonchev–Trinajstić information content (AvgIpc) is 3.32. The first-order chi connectivity index (χ1) is 11.7. The van der Waals surface area contributed by atoms with E-state index in [1.54, 1.807) is 11.9 Å². The molecule has 3 aliphatic rings. The molecule has 8 nitrogen and oxygen atoms in total. The number of likely N-dealkylation sites (tertiary alicyclic amines) is 1. The molecule has 1 aliphatic carbocycles. The van der Waals surface area contributed by atoms with E-state index >= 15 is 0 Å².